The van der Waals surface area contributed by atoms with Gasteiger partial charge >= 0.3 is 0 Å². The molecule has 1 aromatic heterocycles. The van der Waals surface area contributed by atoms with Gasteiger partial charge in [-0.2, -0.15) is 5.10 Å². The number of aromatic amines is 1. The molecule has 1 fully saturated rings. The molecule has 1 atom stereocenters. The van der Waals surface area contributed by atoms with Gasteiger partial charge < -0.3 is 14.4 Å². The van der Waals surface area contributed by atoms with Crippen LogP contribution in [0.25, 0.3) is 0 Å². The lowest BCUT2D eigenvalue weighted by atomic mass is 9.98. The van der Waals surface area contributed by atoms with Crippen molar-refractivity contribution in [3.05, 3.63) is 40.1 Å². The van der Waals surface area contributed by atoms with E-state index in [2.05, 4.69) is 26.1 Å². The number of ether oxygens (including phenoxy) is 2. The van der Waals surface area contributed by atoms with E-state index in [1.807, 2.05) is 36.9 Å². The summed E-state index contributed by atoms with van der Waals surface area (Å²) in [6, 6.07) is 5.82. The van der Waals surface area contributed by atoms with E-state index in [0.717, 1.165) is 41.5 Å². The van der Waals surface area contributed by atoms with Gasteiger partial charge in [0.1, 0.15) is 0 Å². The summed E-state index contributed by atoms with van der Waals surface area (Å²) >= 11 is 3.59. The van der Waals surface area contributed by atoms with E-state index in [4.69, 9.17) is 9.47 Å². The standard InChI is InChI=1S/C20H26BrN3O3/c1-3-26-18-11-14(15(21)13-19(18)27-4-2)12-20(25)24-10-6-5-7-17(24)16-8-9-22-23-16/h8-9,11,13,17H,3-7,10,12H2,1-2H3,(H,22,23). The van der Waals surface area contributed by atoms with Crippen LogP contribution in [0, 0.1) is 0 Å². The lowest BCUT2D eigenvalue weighted by Crippen LogP contribution is -2.39. The Labute approximate surface area is 168 Å². The third-order valence-electron chi connectivity index (χ3n) is 4.76. The maximum atomic E-state index is 13.1. The molecule has 1 aliphatic heterocycles. The summed E-state index contributed by atoms with van der Waals surface area (Å²) in [6.45, 7) is 5.75. The second-order valence-corrected chi connectivity index (χ2v) is 7.40. The number of rotatable bonds is 7. The molecule has 1 saturated heterocycles. The summed E-state index contributed by atoms with van der Waals surface area (Å²) in [6.07, 6.45) is 5.17. The van der Waals surface area contributed by atoms with Gasteiger partial charge in [0.05, 0.1) is 31.4 Å². The Bertz CT molecular complexity index is 764. The molecule has 1 aromatic carbocycles. The zero-order chi connectivity index (χ0) is 19.2. The van der Waals surface area contributed by atoms with Crippen molar-refractivity contribution in [3.63, 3.8) is 0 Å². The summed E-state index contributed by atoms with van der Waals surface area (Å²) < 4.78 is 12.2. The maximum absolute atomic E-state index is 13.1. The monoisotopic (exact) mass is 435 g/mol. The Kier molecular flexibility index (Phi) is 6.77. The van der Waals surface area contributed by atoms with E-state index in [1.54, 1.807) is 6.20 Å². The van der Waals surface area contributed by atoms with Gasteiger partial charge in [-0.15, -0.1) is 0 Å². The van der Waals surface area contributed by atoms with Crippen molar-refractivity contribution < 1.29 is 14.3 Å². The van der Waals surface area contributed by atoms with Crippen LogP contribution in [0.4, 0.5) is 0 Å². The van der Waals surface area contributed by atoms with Crippen molar-refractivity contribution >= 4 is 21.8 Å². The minimum Gasteiger partial charge on any atom is -0.490 e. The SMILES string of the molecule is CCOc1cc(Br)c(CC(=O)N2CCCCC2c2ccn[nH]2)cc1OCC. The van der Waals surface area contributed by atoms with E-state index in [0.29, 0.717) is 31.1 Å². The van der Waals surface area contributed by atoms with E-state index >= 15 is 0 Å². The molecule has 0 saturated carbocycles. The fourth-order valence-electron chi connectivity index (χ4n) is 3.52. The van der Waals surface area contributed by atoms with Gasteiger partial charge in [0.15, 0.2) is 11.5 Å². The number of nitrogens with zero attached hydrogens (tertiary/aromatic N) is 2. The fraction of sp³-hybridized carbons (Fsp3) is 0.500. The normalized spacial score (nSPS) is 17.0. The Hall–Kier alpha value is -2.02. The van der Waals surface area contributed by atoms with Crippen LogP contribution >= 0.6 is 15.9 Å². The lowest BCUT2D eigenvalue weighted by molar-refractivity contribution is -0.134. The van der Waals surface area contributed by atoms with E-state index in [1.165, 1.54) is 0 Å². The van der Waals surface area contributed by atoms with Gasteiger partial charge in [-0.05, 0) is 56.9 Å². The van der Waals surface area contributed by atoms with Crippen LogP contribution < -0.4 is 9.47 Å². The number of hydrogen-bond acceptors (Lipinski definition) is 4. The maximum Gasteiger partial charge on any atom is 0.227 e. The number of amides is 1. The Morgan fingerprint density at radius 3 is 2.67 bits per heavy atom. The number of carbonyl (C=O) groups excluding carboxylic acids is 1. The third kappa shape index (κ3) is 4.64. The smallest absolute Gasteiger partial charge is 0.227 e. The molecule has 1 aliphatic rings. The number of aromatic nitrogens is 2. The van der Waals surface area contributed by atoms with Crippen LogP contribution in [0.3, 0.4) is 0 Å². The Morgan fingerprint density at radius 1 is 1.26 bits per heavy atom. The first-order valence-corrected chi connectivity index (χ1v) is 10.3. The van der Waals surface area contributed by atoms with Gasteiger partial charge in [0.2, 0.25) is 5.91 Å². The fourth-order valence-corrected chi connectivity index (χ4v) is 3.98. The summed E-state index contributed by atoms with van der Waals surface area (Å²) in [5, 5.41) is 7.07. The highest BCUT2D eigenvalue weighted by molar-refractivity contribution is 9.10. The van der Waals surface area contributed by atoms with E-state index in [9.17, 15) is 4.79 Å². The van der Waals surface area contributed by atoms with Crippen LogP contribution in [-0.2, 0) is 11.2 Å². The number of likely N-dealkylation sites (tertiary alicyclic amines) is 1. The van der Waals surface area contributed by atoms with Crippen molar-refractivity contribution in [3.8, 4) is 11.5 Å². The predicted octanol–water partition coefficient (Wildman–Crippen LogP) is 4.27. The zero-order valence-corrected chi connectivity index (χ0v) is 17.4. The van der Waals surface area contributed by atoms with Gasteiger partial charge in [-0.25, -0.2) is 0 Å². The molecule has 6 nitrogen and oxygen atoms in total. The third-order valence-corrected chi connectivity index (χ3v) is 5.50. The molecule has 27 heavy (non-hydrogen) atoms. The van der Waals surface area contributed by atoms with Crippen molar-refractivity contribution in [2.75, 3.05) is 19.8 Å². The topological polar surface area (TPSA) is 67.5 Å². The summed E-state index contributed by atoms with van der Waals surface area (Å²) in [5.41, 5.74) is 1.91. The molecule has 2 heterocycles. The van der Waals surface area contributed by atoms with Crippen molar-refractivity contribution in [2.24, 2.45) is 0 Å². The van der Waals surface area contributed by atoms with E-state index in [-0.39, 0.29) is 11.9 Å². The molecule has 0 bridgehead atoms. The number of carbonyl (C=O) groups is 1. The Balaban J connectivity index is 1.80. The first kappa shape index (κ1) is 19.7. The second-order valence-electron chi connectivity index (χ2n) is 6.54. The second kappa shape index (κ2) is 9.26. The molecule has 0 spiro atoms. The minimum absolute atomic E-state index is 0.0709. The molecule has 0 radical (unpaired) electrons. The number of piperidine rings is 1. The molecule has 3 rings (SSSR count). The quantitative estimate of drug-likeness (QED) is 0.704. The number of hydrogen-bond donors (Lipinski definition) is 1. The van der Waals surface area contributed by atoms with Crippen molar-refractivity contribution in [1.29, 1.82) is 0 Å². The highest BCUT2D eigenvalue weighted by Gasteiger charge is 2.29. The molecule has 1 unspecified atom stereocenters. The summed E-state index contributed by atoms with van der Waals surface area (Å²) in [4.78, 5) is 15.1. The zero-order valence-electron chi connectivity index (χ0n) is 15.8. The first-order chi connectivity index (χ1) is 13.1. The molecular weight excluding hydrogens is 410 g/mol. The number of benzene rings is 1. The van der Waals surface area contributed by atoms with Crippen molar-refractivity contribution in [2.45, 2.75) is 45.6 Å². The first-order valence-electron chi connectivity index (χ1n) is 9.50. The number of H-pyrrole nitrogens is 1. The van der Waals surface area contributed by atoms with Gasteiger partial charge in [-0.1, -0.05) is 15.9 Å². The van der Waals surface area contributed by atoms with Crippen molar-refractivity contribution in [1.82, 2.24) is 15.1 Å². The van der Waals surface area contributed by atoms with Gasteiger partial charge in [-0.3, -0.25) is 9.89 Å². The van der Waals surface area contributed by atoms with Crippen LogP contribution in [0.1, 0.15) is 50.4 Å². The highest BCUT2D eigenvalue weighted by Crippen LogP contribution is 2.35. The van der Waals surface area contributed by atoms with Gasteiger partial charge in [0, 0.05) is 17.2 Å². The predicted molar refractivity (Wildman–Crippen MR) is 107 cm³/mol. The Morgan fingerprint density at radius 2 is 2.00 bits per heavy atom. The average molecular weight is 436 g/mol. The molecule has 1 amide bonds. The van der Waals surface area contributed by atoms with Crippen LogP contribution in [-0.4, -0.2) is 40.8 Å². The molecular formula is C20H26BrN3O3. The van der Waals surface area contributed by atoms with Crippen LogP contribution in [0.2, 0.25) is 0 Å². The molecule has 146 valence electrons. The summed E-state index contributed by atoms with van der Waals surface area (Å²) in [7, 11) is 0. The summed E-state index contributed by atoms with van der Waals surface area (Å²) in [5.74, 6) is 1.48. The highest BCUT2D eigenvalue weighted by atomic mass is 79.9. The van der Waals surface area contributed by atoms with E-state index < -0.39 is 0 Å². The molecule has 0 aliphatic carbocycles. The number of nitrogens with one attached hydrogen (secondary N) is 1. The van der Waals surface area contributed by atoms with Gasteiger partial charge in [0.25, 0.3) is 0 Å². The van der Waals surface area contributed by atoms with Crippen LogP contribution in [0.5, 0.6) is 11.5 Å². The molecule has 7 heteroatoms. The minimum atomic E-state index is 0.0709. The van der Waals surface area contributed by atoms with Crippen LogP contribution in [0.15, 0.2) is 28.9 Å². The number of halogens is 1. The largest absolute Gasteiger partial charge is 0.490 e. The average Bonchev–Trinajstić information content (AvgIpc) is 3.20. The molecule has 1 N–H and O–H groups in total. The lowest BCUT2D eigenvalue weighted by Gasteiger charge is -2.35. The molecule has 2 aromatic rings.